The molecule has 1 aromatic heterocycles. The van der Waals surface area contributed by atoms with E-state index in [9.17, 15) is 4.79 Å². The van der Waals surface area contributed by atoms with E-state index in [0.29, 0.717) is 24.9 Å². The largest absolute Gasteiger partial charge is 0.348 e. The highest BCUT2D eigenvalue weighted by atomic mass is 16.5. The van der Waals surface area contributed by atoms with Gasteiger partial charge in [0, 0.05) is 20.0 Å². The first-order chi connectivity index (χ1) is 8.06. The van der Waals surface area contributed by atoms with Crippen LogP contribution in [0.4, 0.5) is 0 Å². The smallest absolute Gasteiger partial charge is 0.240 e. The fraction of sp³-hybridized carbons (Fsp3) is 0.727. The third kappa shape index (κ3) is 3.26. The summed E-state index contributed by atoms with van der Waals surface area (Å²) in [6.07, 6.45) is 2.32. The van der Waals surface area contributed by atoms with Gasteiger partial charge in [0.25, 0.3) is 0 Å². The molecule has 94 valence electrons. The summed E-state index contributed by atoms with van der Waals surface area (Å²) in [5.41, 5.74) is 0. The number of carbonyl (C=O) groups is 1. The molecule has 6 nitrogen and oxygen atoms in total. The lowest BCUT2D eigenvalue weighted by atomic mass is 10.4. The highest BCUT2D eigenvalue weighted by Gasteiger charge is 2.28. The molecule has 1 aliphatic rings. The van der Waals surface area contributed by atoms with Crippen molar-refractivity contribution in [1.29, 1.82) is 0 Å². The van der Waals surface area contributed by atoms with E-state index >= 15 is 0 Å². The van der Waals surface area contributed by atoms with E-state index in [4.69, 9.17) is 4.52 Å². The molecule has 0 atom stereocenters. The number of rotatable bonds is 5. The van der Waals surface area contributed by atoms with E-state index in [1.54, 1.807) is 19.0 Å². The summed E-state index contributed by atoms with van der Waals surface area (Å²) < 4.78 is 5.15. The van der Waals surface area contributed by atoms with Crippen LogP contribution in [0.2, 0.25) is 0 Å². The van der Waals surface area contributed by atoms with Gasteiger partial charge in [-0.25, -0.2) is 0 Å². The van der Waals surface area contributed by atoms with E-state index in [2.05, 4.69) is 10.1 Å². The van der Waals surface area contributed by atoms with Crippen molar-refractivity contribution in [1.82, 2.24) is 19.9 Å². The lowest BCUT2D eigenvalue weighted by molar-refractivity contribution is -0.129. The van der Waals surface area contributed by atoms with Crippen LogP contribution >= 0.6 is 0 Å². The third-order valence-electron chi connectivity index (χ3n) is 2.74. The van der Waals surface area contributed by atoms with Crippen molar-refractivity contribution in [2.75, 3.05) is 27.7 Å². The zero-order valence-electron chi connectivity index (χ0n) is 10.5. The lowest BCUT2D eigenvalue weighted by Gasteiger charge is -2.16. The van der Waals surface area contributed by atoms with Crippen LogP contribution in [0.3, 0.4) is 0 Å². The molecule has 0 bridgehead atoms. The molecular formula is C11H18N4O2. The Labute approximate surface area is 101 Å². The zero-order valence-corrected chi connectivity index (χ0v) is 10.5. The Morgan fingerprint density at radius 1 is 1.41 bits per heavy atom. The molecule has 17 heavy (non-hydrogen) atoms. The van der Waals surface area contributed by atoms with E-state index in [1.165, 1.54) is 0 Å². The first-order valence-electron chi connectivity index (χ1n) is 5.77. The van der Waals surface area contributed by atoms with Gasteiger partial charge in [-0.05, 0) is 19.9 Å². The second-order valence-corrected chi connectivity index (χ2v) is 4.78. The molecule has 1 aromatic rings. The van der Waals surface area contributed by atoms with Crippen LogP contribution < -0.4 is 0 Å². The van der Waals surface area contributed by atoms with E-state index < -0.39 is 0 Å². The van der Waals surface area contributed by atoms with Gasteiger partial charge in [0.05, 0.1) is 13.1 Å². The monoisotopic (exact) mass is 238 g/mol. The van der Waals surface area contributed by atoms with Crippen LogP contribution in [0.25, 0.3) is 0 Å². The SMILES string of the molecule is CN(CC(=O)N(C)C)Cc1nc(C2CC2)no1. The van der Waals surface area contributed by atoms with Gasteiger partial charge in [-0.15, -0.1) is 0 Å². The van der Waals surface area contributed by atoms with Gasteiger partial charge in [-0.2, -0.15) is 4.98 Å². The number of hydrogen-bond acceptors (Lipinski definition) is 5. The molecule has 1 fully saturated rings. The quantitative estimate of drug-likeness (QED) is 0.746. The number of likely N-dealkylation sites (N-methyl/N-ethyl adjacent to an activating group) is 2. The average molecular weight is 238 g/mol. The molecular weight excluding hydrogens is 220 g/mol. The number of hydrogen-bond donors (Lipinski definition) is 0. The van der Waals surface area contributed by atoms with Crippen LogP contribution in [-0.4, -0.2) is 53.5 Å². The van der Waals surface area contributed by atoms with Crippen molar-refractivity contribution in [3.63, 3.8) is 0 Å². The topological polar surface area (TPSA) is 62.5 Å². The summed E-state index contributed by atoms with van der Waals surface area (Å²) in [5.74, 6) is 1.96. The van der Waals surface area contributed by atoms with Crippen LogP contribution in [0, 0.1) is 0 Å². The molecule has 0 aliphatic heterocycles. The Morgan fingerprint density at radius 2 is 2.12 bits per heavy atom. The second-order valence-electron chi connectivity index (χ2n) is 4.78. The van der Waals surface area contributed by atoms with Crippen LogP contribution in [0.15, 0.2) is 4.52 Å². The number of carbonyl (C=O) groups excluding carboxylic acids is 1. The molecule has 0 radical (unpaired) electrons. The predicted molar refractivity (Wildman–Crippen MR) is 61.3 cm³/mol. The zero-order chi connectivity index (χ0) is 12.4. The van der Waals surface area contributed by atoms with Gasteiger partial charge in [0.2, 0.25) is 11.8 Å². The molecule has 6 heteroatoms. The summed E-state index contributed by atoms with van der Waals surface area (Å²) in [4.78, 5) is 19.2. The Bertz CT molecular complexity index is 398. The van der Waals surface area contributed by atoms with Crippen molar-refractivity contribution in [3.8, 4) is 0 Å². The molecule has 0 saturated heterocycles. The number of aromatic nitrogens is 2. The first kappa shape index (κ1) is 12.0. The van der Waals surface area contributed by atoms with E-state index in [-0.39, 0.29) is 5.91 Å². The number of amides is 1. The Kier molecular flexibility index (Phi) is 3.42. The summed E-state index contributed by atoms with van der Waals surface area (Å²) in [5, 5.41) is 3.94. The molecule has 0 unspecified atom stereocenters. The Hall–Kier alpha value is -1.43. The van der Waals surface area contributed by atoms with Crippen LogP contribution in [0.1, 0.15) is 30.5 Å². The molecule has 1 aliphatic carbocycles. The minimum absolute atomic E-state index is 0.0643. The highest BCUT2D eigenvalue weighted by molar-refractivity contribution is 5.77. The fourth-order valence-corrected chi connectivity index (χ4v) is 1.50. The minimum atomic E-state index is 0.0643. The predicted octanol–water partition coefficient (Wildman–Crippen LogP) is 0.467. The molecule has 0 aromatic carbocycles. The van der Waals surface area contributed by atoms with Gasteiger partial charge in [-0.1, -0.05) is 5.16 Å². The summed E-state index contributed by atoms with van der Waals surface area (Å²) in [7, 11) is 5.35. The summed E-state index contributed by atoms with van der Waals surface area (Å²) in [6.45, 7) is 0.868. The molecule has 1 heterocycles. The molecule has 0 spiro atoms. The second kappa shape index (κ2) is 4.83. The van der Waals surface area contributed by atoms with Gasteiger partial charge in [0.1, 0.15) is 0 Å². The maximum atomic E-state index is 11.5. The number of nitrogens with zero attached hydrogens (tertiary/aromatic N) is 4. The van der Waals surface area contributed by atoms with Crippen molar-refractivity contribution < 1.29 is 9.32 Å². The standard InChI is InChI=1S/C11H18N4O2/c1-14(2)10(16)7-15(3)6-9-12-11(13-17-9)8-4-5-8/h8H,4-7H2,1-3H3. The van der Waals surface area contributed by atoms with Crippen molar-refractivity contribution in [2.24, 2.45) is 0 Å². The molecule has 1 saturated carbocycles. The van der Waals surface area contributed by atoms with Gasteiger partial charge in [0.15, 0.2) is 5.82 Å². The third-order valence-corrected chi connectivity index (χ3v) is 2.74. The maximum absolute atomic E-state index is 11.5. The van der Waals surface area contributed by atoms with Gasteiger partial charge >= 0.3 is 0 Å². The van der Waals surface area contributed by atoms with Crippen molar-refractivity contribution >= 4 is 5.91 Å². The molecule has 0 N–H and O–H groups in total. The average Bonchev–Trinajstić information content (AvgIpc) is 3.00. The van der Waals surface area contributed by atoms with Crippen molar-refractivity contribution in [2.45, 2.75) is 25.3 Å². The fourth-order valence-electron chi connectivity index (χ4n) is 1.50. The normalized spacial score (nSPS) is 15.3. The van der Waals surface area contributed by atoms with Gasteiger partial charge in [-0.3, -0.25) is 9.69 Å². The van der Waals surface area contributed by atoms with Crippen molar-refractivity contribution in [3.05, 3.63) is 11.7 Å². The van der Waals surface area contributed by atoms with Crippen LogP contribution in [-0.2, 0) is 11.3 Å². The summed E-state index contributed by atoms with van der Waals surface area (Å²) in [6, 6.07) is 0. The summed E-state index contributed by atoms with van der Waals surface area (Å²) >= 11 is 0. The molecule has 1 amide bonds. The minimum Gasteiger partial charge on any atom is -0.348 e. The highest BCUT2D eigenvalue weighted by Crippen LogP contribution is 2.38. The maximum Gasteiger partial charge on any atom is 0.240 e. The Morgan fingerprint density at radius 3 is 2.71 bits per heavy atom. The van der Waals surface area contributed by atoms with E-state index in [0.717, 1.165) is 18.7 Å². The van der Waals surface area contributed by atoms with E-state index in [1.807, 2.05) is 11.9 Å². The van der Waals surface area contributed by atoms with Gasteiger partial charge < -0.3 is 9.42 Å². The lowest BCUT2D eigenvalue weighted by Crippen LogP contribution is -2.34. The first-order valence-corrected chi connectivity index (χ1v) is 5.77. The van der Waals surface area contributed by atoms with Crippen LogP contribution in [0.5, 0.6) is 0 Å². The molecule has 2 rings (SSSR count). The Balaban J connectivity index is 1.84.